The highest BCUT2D eigenvalue weighted by Crippen LogP contribution is 2.28. The van der Waals surface area contributed by atoms with E-state index in [0.29, 0.717) is 6.54 Å². The largest absolute Gasteiger partial charge is 0.497 e. The van der Waals surface area contributed by atoms with Crippen LogP contribution in [0.25, 0.3) is 0 Å². The lowest BCUT2D eigenvalue weighted by Gasteiger charge is -2.21. The number of carbonyl (C=O) groups is 1. The van der Waals surface area contributed by atoms with Gasteiger partial charge < -0.3 is 10.1 Å². The van der Waals surface area contributed by atoms with Crippen LogP contribution in [0.4, 0.5) is 13.2 Å². The van der Waals surface area contributed by atoms with Gasteiger partial charge in [-0.25, -0.2) is 0 Å². The predicted octanol–water partition coefficient (Wildman–Crippen LogP) is 2.34. The van der Waals surface area contributed by atoms with Gasteiger partial charge in [0.1, 0.15) is 12.3 Å². The molecule has 0 saturated heterocycles. The van der Waals surface area contributed by atoms with E-state index in [2.05, 4.69) is 0 Å². The third-order valence-corrected chi connectivity index (χ3v) is 3.44. The maximum absolute atomic E-state index is 12.1. The van der Waals surface area contributed by atoms with E-state index >= 15 is 0 Å². The van der Waals surface area contributed by atoms with Crippen LogP contribution in [0.15, 0.2) is 24.3 Å². The summed E-state index contributed by atoms with van der Waals surface area (Å²) in [7, 11) is 1.58. The van der Waals surface area contributed by atoms with Gasteiger partial charge in [-0.3, -0.25) is 9.69 Å². The molecule has 22 heavy (non-hydrogen) atoms. The van der Waals surface area contributed by atoms with Crippen LogP contribution in [0.2, 0.25) is 0 Å². The number of benzene rings is 1. The van der Waals surface area contributed by atoms with Crippen molar-refractivity contribution in [3.63, 3.8) is 0 Å². The number of amides is 1. The quantitative estimate of drug-likeness (QED) is 0.839. The second kappa shape index (κ2) is 7.00. The third-order valence-electron chi connectivity index (χ3n) is 3.44. The molecule has 1 fully saturated rings. The van der Waals surface area contributed by atoms with Gasteiger partial charge in [-0.2, -0.15) is 13.2 Å². The van der Waals surface area contributed by atoms with Crippen LogP contribution in [-0.2, 0) is 11.3 Å². The number of nitrogens with zero attached hydrogens (tertiary/aromatic N) is 1. The number of hydrogen-bond acceptors (Lipinski definition) is 3. The molecule has 1 aliphatic carbocycles. The average molecular weight is 316 g/mol. The van der Waals surface area contributed by atoms with Gasteiger partial charge in [0.15, 0.2) is 0 Å². The van der Waals surface area contributed by atoms with E-state index < -0.39 is 18.6 Å². The Morgan fingerprint density at radius 1 is 1.32 bits per heavy atom. The molecule has 1 saturated carbocycles. The molecule has 1 amide bonds. The molecule has 0 aromatic heterocycles. The normalized spacial score (nSPS) is 15.0. The smallest absolute Gasteiger partial charge is 0.405 e. The van der Waals surface area contributed by atoms with Gasteiger partial charge in [0.2, 0.25) is 5.91 Å². The number of alkyl halides is 3. The van der Waals surface area contributed by atoms with E-state index in [-0.39, 0.29) is 12.6 Å². The highest BCUT2D eigenvalue weighted by Gasteiger charge is 2.32. The molecule has 2 rings (SSSR count). The summed E-state index contributed by atoms with van der Waals surface area (Å²) >= 11 is 0. The zero-order valence-electron chi connectivity index (χ0n) is 12.3. The molecule has 4 nitrogen and oxygen atoms in total. The van der Waals surface area contributed by atoms with Gasteiger partial charge in [-0.05, 0) is 30.5 Å². The lowest BCUT2D eigenvalue weighted by Crippen LogP contribution is -2.41. The minimum absolute atomic E-state index is 0.0211. The van der Waals surface area contributed by atoms with Gasteiger partial charge >= 0.3 is 6.18 Å². The molecule has 1 N–H and O–H groups in total. The van der Waals surface area contributed by atoms with Crippen molar-refractivity contribution in [2.75, 3.05) is 20.2 Å². The van der Waals surface area contributed by atoms with E-state index in [1.54, 1.807) is 7.11 Å². The molecule has 122 valence electrons. The fraction of sp³-hybridized carbons (Fsp3) is 0.533. The second-order valence-corrected chi connectivity index (χ2v) is 5.38. The summed E-state index contributed by atoms with van der Waals surface area (Å²) < 4.78 is 41.4. The van der Waals surface area contributed by atoms with Gasteiger partial charge in [-0.15, -0.1) is 0 Å². The fourth-order valence-corrected chi connectivity index (χ4v) is 2.16. The molecule has 1 aromatic rings. The summed E-state index contributed by atoms with van der Waals surface area (Å²) in [5.41, 5.74) is 0.997. The molecule has 0 heterocycles. The number of rotatable bonds is 7. The Kier molecular flexibility index (Phi) is 5.28. The number of halogens is 3. The van der Waals surface area contributed by atoms with Crippen LogP contribution in [-0.4, -0.2) is 43.2 Å². The SMILES string of the molecule is COc1ccc(CN(CC(=O)NCC(F)(F)F)C2CC2)cc1. The van der Waals surface area contributed by atoms with Crippen LogP contribution in [0.5, 0.6) is 5.75 Å². The predicted molar refractivity (Wildman–Crippen MR) is 75.5 cm³/mol. The molecule has 0 aliphatic heterocycles. The first-order valence-electron chi connectivity index (χ1n) is 7.08. The summed E-state index contributed by atoms with van der Waals surface area (Å²) in [5, 5.41) is 1.91. The molecule has 1 aromatic carbocycles. The van der Waals surface area contributed by atoms with Crippen LogP contribution < -0.4 is 10.1 Å². The number of hydrogen-bond donors (Lipinski definition) is 1. The molecule has 1 aliphatic rings. The Morgan fingerprint density at radius 2 is 1.95 bits per heavy atom. The third kappa shape index (κ3) is 5.55. The van der Waals surface area contributed by atoms with E-state index in [9.17, 15) is 18.0 Å². The summed E-state index contributed by atoms with van der Waals surface area (Å²) in [6.45, 7) is -0.770. The Bertz CT molecular complexity index is 499. The zero-order valence-corrected chi connectivity index (χ0v) is 12.3. The van der Waals surface area contributed by atoms with E-state index in [1.165, 1.54) is 0 Å². The van der Waals surface area contributed by atoms with E-state index in [4.69, 9.17) is 4.74 Å². The average Bonchev–Trinajstić information content (AvgIpc) is 3.29. The molecular weight excluding hydrogens is 297 g/mol. The van der Waals surface area contributed by atoms with Gasteiger partial charge in [-0.1, -0.05) is 12.1 Å². The van der Waals surface area contributed by atoms with Crippen molar-refractivity contribution in [1.29, 1.82) is 0 Å². The van der Waals surface area contributed by atoms with E-state index in [0.717, 1.165) is 24.2 Å². The fourth-order valence-electron chi connectivity index (χ4n) is 2.16. The topological polar surface area (TPSA) is 41.6 Å². The summed E-state index contributed by atoms with van der Waals surface area (Å²) in [4.78, 5) is 13.6. The number of methoxy groups -OCH3 is 1. The molecular formula is C15H19F3N2O2. The van der Waals surface area contributed by atoms with Crippen molar-refractivity contribution >= 4 is 5.91 Å². The Morgan fingerprint density at radius 3 is 2.45 bits per heavy atom. The molecule has 0 spiro atoms. The Balaban J connectivity index is 1.88. The minimum Gasteiger partial charge on any atom is -0.497 e. The first-order chi connectivity index (χ1) is 10.4. The molecule has 0 atom stereocenters. The van der Waals surface area contributed by atoms with Gasteiger partial charge in [0.25, 0.3) is 0 Å². The number of carbonyl (C=O) groups excluding carboxylic acids is 1. The number of nitrogens with one attached hydrogen (secondary N) is 1. The highest BCUT2D eigenvalue weighted by molar-refractivity contribution is 5.78. The van der Waals surface area contributed by atoms with Crippen molar-refractivity contribution < 1.29 is 22.7 Å². The summed E-state index contributed by atoms with van der Waals surface area (Å²) in [6, 6.07) is 7.71. The minimum atomic E-state index is -4.38. The molecule has 0 unspecified atom stereocenters. The molecule has 0 radical (unpaired) electrons. The maximum atomic E-state index is 12.1. The van der Waals surface area contributed by atoms with Crippen molar-refractivity contribution in [2.24, 2.45) is 0 Å². The molecule has 7 heteroatoms. The van der Waals surface area contributed by atoms with Crippen LogP contribution in [0, 0.1) is 0 Å². The van der Waals surface area contributed by atoms with Crippen molar-refractivity contribution in [3.05, 3.63) is 29.8 Å². The second-order valence-electron chi connectivity index (χ2n) is 5.38. The standard InChI is InChI=1S/C15H19F3N2O2/c1-22-13-6-2-11(3-7-13)8-20(12-4-5-12)9-14(21)19-10-15(16,17)18/h2-3,6-7,12H,4-5,8-10H2,1H3,(H,19,21). The number of ether oxygens (including phenoxy) is 1. The lowest BCUT2D eigenvalue weighted by atomic mass is 10.2. The molecule has 0 bridgehead atoms. The Labute approximate surface area is 127 Å². The highest BCUT2D eigenvalue weighted by atomic mass is 19.4. The van der Waals surface area contributed by atoms with Crippen LogP contribution in [0.1, 0.15) is 18.4 Å². The monoisotopic (exact) mass is 316 g/mol. The Hall–Kier alpha value is -1.76. The lowest BCUT2D eigenvalue weighted by molar-refractivity contribution is -0.139. The van der Waals surface area contributed by atoms with Crippen molar-refractivity contribution in [3.8, 4) is 5.75 Å². The maximum Gasteiger partial charge on any atom is 0.405 e. The van der Waals surface area contributed by atoms with Crippen molar-refractivity contribution in [1.82, 2.24) is 10.2 Å². The first kappa shape index (κ1) is 16.6. The summed E-state index contributed by atoms with van der Waals surface area (Å²) in [5.74, 6) is 0.141. The van der Waals surface area contributed by atoms with E-state index in [1.807, 2.05) is 34.5 Å². The van der Waals surface area contributed by atoms with Gasteiger partial charge in [0, 0.05) is 12.6 Å². The van der Waals surface area contributed by atoms with Crippen LogP contribution in [0.3, 0.4) is 0 Å². The first-order valence-corrected chi connectivity index (χ1v) is 7.08. The van der Waals surface area contributed by atoms with Crippen molar-refractivity contribution in [2.45, 2.75) is 31.6 Å². The van der Waals surface area contributed by atoms with Crippen LogP contribution >= 0.6 is 0 Å². The summed E-state index contributed by atoms with van der Waals surface area (Å²) in [6.07, 6.45) is -2.43. The zero-order chi connectivity index (χ0) is 16.2. The van der Waals surface area contributed by atoms with Gasteiger partial charge in [0.05, 0.1) is 13.7 Å².